The van der Waals surface area contributed by atoms with Gasteiger partial charge in [0.1, 0.15) is 0 Å². The quantitative estimate of drug-likeness (QED) is 0.764. The molecule has 1 rings (SSSR count). The van der Waals surface area contributed by atoms with Crippen LogP contribution in [0.1, 0.15) is 38.0 Å². The Morgan fingerprint density at radius 3 is 2.77 bits per heavy atom. The molecular formula is C11H19NS. The van der Waals surface area contributed by atoms with E-state index in [1.54, 1.807) is 0 Å². The monoisotopic (exact) mass is 197 g/mol. The van der Waals surface area contributed by atoms with E-state index in [1.807, 2.05) is 11.3 Å². The molecule has 1 aromatic rings. The molecule has 1 nitrogen and oxygen atoms in total. The first kappa shape index (κ1) is 10.7. The van der Waals surface area contributed by atoms with Crippen molar-refractivity contribution < 1.29 is 0 Å². The fourth-order valence-corrected chi connectivity index (χ4v) is 2.45. The van der Waals surface area contributed by atoms with Gasteiger partial charge < -0.3 is 5.32 Å². The lowest BCUT2D eigenvalue weighted by molar-refractivity contribution is 0.494. The van der Waals surface area contributed by atoms with E-state index in [4.69, 9.17) is 0 Å². The predicted octanol–water partition coefficient (Wildman–Crippen LogP) is 3.24. The summed E-state index contributed by atoms with van der Waals surface area (Å²) in [6.45, 7) is 7.79. The zero-order valence-electron chi connectivity index (χ0n) is 8.71. The molecule has 0 saturated carbocycles. The average Bonchev–Trinajstić information content (AvgIpc) is 2.55. The van der Waals surface area contributed by atoms with Crippen molar-refractivity contribution in [3.8, 4) is 0 Å². The minimum atomic E-state index is 0.627. The Kier molecular flexibility index (Phi) is 4.46. The van der Waals surface area contributed by atoms with Gasteiger partial charge in [-0.15, -0.1) is 11.3 Å². The van der Waals surface area contributed by atoms with Gasteiger partial charge in [-0.25, -0.2) is 0 Å². The molecule has 0 aliphatic rings. The number of hydrogen-bond acceptors (Lipinski definition) is 2. The van der Waals surface area contributed by atoms with Crippen LogP contribution in [-0.4, -0.2) is 12.6 Å². The van der Waals surface area contributed by atoms with Gasteiger partial charge in [0.2, 0.25) is 0 Å². The Bertz CT molecular complexity index is 218. The molecule has 2 atom stereocenters. The van der Waals surface area contributed by atoms with Gasteiger partial charge >= 0.3 is 0 Å². The summed E-state index contributed by atoms with van der Waals surface area (Å²) in [5.74, 6) is 0.689. The van der Waals surface area contributed by atoms with E-state index in [1.165, 1.54) is 11.3 Å². The number of rotatable bonds is 5. The molecule has 1 heterocycles. The van der Waals surface area contributed by atoms with Gasteiger partial charge in [0.05, 0.1) is 0 Å². The van der Waals surface area contributed by atoms with Crippen LogP contribution in [0.25, 0.3) is 0 Å². The number of nitrogens with one attached hydrogen (secondary N) is 1. The lowest BCUT2D eigenvalue weighted by atomic mass is 10.0. The molecule has 0 bridgehead atoms. The fourth-order valence-electron chi connectivity index (χ4n) is 1.65. The Morgan fingerprint density at radius 2 is 2.23 bits per heavy atom. The van der Waals surface area contributed by atoms with Crippen LogP contribution in [-0.2, 0) is 0 Å². The summed E-state index contributed by atoms with van der Waals surface area (Å²) in [5, 5.41) is 5.60. The molecule has 1 N–H and O–H groups in total. The zero-order chi connectivity index (χ0) is 9.68. The minimum Gasteiger partial charge on any atom is -0.315 e. The second-order valence-corrected chi connectivity index (χ2v) is 4.59. The van der Waals surface area contributed by atoms with E-state index < -0.39 is 0 Å². The van der Waals surface area contributed by atoms with Crippen molar-refractivity contribution in [3.63, 3.8) is 0 Å². The van der Waals surface area contributed by atoms with Crippen LogP contribution in [0.4, 0.5) is 0 Å². The Hall–Kier alpha value is -0.340. The molecular weight excluding hydrogens is 178 g/mol. The second kappa shape index (κ2) is 5.40. The number of hydrogen-bond donors (Lipinski definition) is 1. The third-order valence-corrected chi connectivity index (χ3v) is 3.39. The van der Waals surface area contributed by atoms with Gasteiger partial charge in [-0.3, -0.25) is 0 Å². The standard InChI is InChI=1S/C11H19NS/c1-4-12-10(3)8-9(2)11-6-5-7-13-11/h5-7,9-10,12H,4,8H2,1-3H3. The molecule has 0 aliphatic carbocycles. The van der Waals surface area contributed by atoms with Gasteiger partial charge in [-0.05, 0) is 37.3 Å². The Balaban J connectivity index is 2.37. The van der Waals surface area contributed by atoms with E-state index >= 15 is 0 Å². The maximum Gasteiger partial charge on any atom is 0.00740 e. The van der Waals surface area contributed by atoms with Gasteiger partial charge in [0.15, 0.2) is 0 Å². The maximum atomic E-state index is 3.44. The van der Waals surface area contributed by atoms with Crippen molar-refractivity contribution in [2.24, 2.45) is 0 Å². The van der Waals surface area contributed by atoms with Gasteiger partial charge in [-0.2, -0.15) is 0 Å². The molecule has 0 aromatic carbocycles. The molecule has 13 heavy (non-hydrogen) atoms. The summed E-state index contributed by atoms with van der Waals surface area (Å²) < 4.78 is 0. The molecule has 0 amide bonds. The van der Waals surface area contributed by atoms with Crippen molar-refractivity contribution >= 4 is 11.3 Å². The molecule has 2 unspecified atom stereocenters. The average molecular weight is 197 g/mol. The van der Waals surface area contributed by atoms with Gasteiger partial charge in [0.25, 0.3) is 0 Å². The Labute approximate surface area is 85.2 Å². The molecule has 0 aliphatic heterocycles. The molecule has 74 valence electrons. The van der Waals surface area contributed by atoms with E-state index in [0.29, 0.717) is 12.0 Å². The first-order valence-corrected chi connectivity index (χ1v) is 5.88. The third-order valence-electron chi connectivity index (χ3n) is 2.29. The van der Waals surface area contributed by atoms with Crippen LogP contribution in [0.2, 0.25) is 0 Å². The lowest BCUT2D eigenvalue weighted by Crippen LogP contribution is -2.26. The highest BCUT2D eigenvalue weighted by atomic mass is 32.1. The molecule has 0 saturated heterocycles. The maximum absolute atomic E-state index is 3.44. The van der Waals surface area contributed by atoms with Crippen LogP contribution in [0.5, 0.6) is 0 Å². The van der Waals surface area contributed by atoms with E-state index in [9.17, 15) is 0 Å². The van der Waals surface area contributed by atoms with Crippen LogP contribution in [0.15, 0.2) is 17.5 Å². The van der Waals surface area contributed by atoms with Crippen LogP contribution in [0.3, 0.4) is 0 Å². The summed E-state index contributed by atoms with van der Waals surface area (Å²) in [5.41, 5.74) is 0. The van der Waals surface area contributed by atoms with E-state index in [0.717, 1.165) is 6.54 Å². The molecule has 1 aromatic heterocycles. The fraction of sp³-hybridized carbons (Fsp3) is 0.636. The highest BCUT2D eigenvalue weighted by Crippen LogP contribution is 2.24. The Morgan fingerprint density at radius 1 is 1.46 bits per heavy atom. The number of thiophene rings is 1. The van der Waals surface area contributed by atoms with Crippen LogP contribution >= 0.6 is 11.3 Å². The topological polar surface area (TPSA) is 12.0 Å². The highest BCUT2D eigenvalue weighted by Gasteiger charge is 2.10. The van der Waals surface area contributed by atoms with Gasteiger partial charge in [0, 0.05) is 10.9 Å². The molecule has 0 spiro atoms. The lowest BCUT2D eigenvalue weighted by Gasteiger charge is -2.16. The van der Waals surface area contributed by atoms with E-state index in [-0.39, 0.29) is 0 Å². The molecule has 0 fully saturated rings. The zero-order valence-corrected chi connectivity index (χ0v) is 9.53. The normalized spacial score (nSPS) is 15.6. The van der Waals surface area contributed by atoms with Crippen molar-refractivity contribution in [1.29, 1.82) is 0 Å². The first-order chi connectivity index (χ1) is 6.24. The second-order valence-electron chi connectivity index (χ2n) is 3.61. The third kappa shape index (κ3) is 3.49. The van der Waals surface area contributed by atoms with Crippen molar-refractivity contribution in [2.75, 3.05) is 6.54 Å². The summed E-state index contributed by atoms with van der Waals surface area (Å²) in [4.78, 5) is 1.50. The molecule has 0 radical (unpaired) electrons. The minimum absolute atomic E-state index is 0.627. The van der Waals surface area contributed by atoms with Crippen molar-refractivity contribution in [2.45, 2.75) is 39.2 Å². The summed E-state index contributed by atoms with van der Waals surface area (Å²) >= 11 is 1.86. The van der Waals surface area contributed by atoms with Crippen LogP contribution < -0.4 is 5.32 Å². The largest absolute Gasteiger partial charge is 0.315 e. The molecule has 2 heteroatoms. The smallest absolute Gasteiger partial charge is 0.00740 e. The van der Waals surface area contributed by atoms with Crippen molar-refractivity contribution in [1.82, 2.24) is 5.32 Å². The summed E-state index contributed by atoms with van der Waals surface area (Å²) in [7, 11) is 0. The van der Waals surface area contributed by atoms with Crippen molar-refractivity contribution in [3.05, 3.63) is 22.4 Å². The van der Waals surface area contributed by atoms with Crippen LogP contribution in [0, 0.1) is 0 Å². The predicted molar refractivity (Wildman–Crippen MR) is 60.5 cm³/mol. The highest BCUT2D eigenvalue weighted by molar-refractivity contribution is 7.10. The SMILES string of the molecule is CCNC(C)CC(C)c1cccs1. The first-order valence-electron chi connectivity index (χ1n) is 5.00. The summed E-state index contributed by atoms with van der Waals surface area (Å²) in [6.07, 6.45) is 1.23. The van der Waals surface area contributed by atoms with Gasteiger partial charge in [-0.1, -0.05) is 19.9 Å². The summed E-state index contributed by atoms with van der Waals surface area (Å²) in [6, 6.07) is 4.99. The van der Waals surface area contributed by atoms with E-state index in [2.05, 4.69) is 43.6 Å².